The fourth-order valence-corrected chi connectivity index (χ4v) is 2.76. The largest absolute Gasteiger partial charge is 0.373 e. The van der Waals surface area contributed by atoms with Crippen LogP contribution in [-0.2, 0) is 4.74 Å². The molecule has 0 bridgehead atoms. The van der Waals surface area contributed by atoms with E-state index in [0.717, 1.165) is 47.6 Å². The van der Waals surface area contributed by atoms with Gasteiger partial charge in [0, 0.05) is 13.7 Å². The number of ether oxygens (including phenoxy) is 1. The minimum Gasteiger partial charge on any atom is -0.373 e. The smallest absolute Gasteiger partial charge is 0.159 e. The highest BCUT2D eigenvalue weighted by Gasteiger charge is 2.19. The lowest BCUT2D eigenvalue weighted by molar-refractivity contribution is 0.0874. The number of aromatic nitrogens is 2. The van der Waals surface area contributed by atoms with Gasteiger partial charge in [-0.15, -0.1) is 0 Å². The van der Waals surface area contributed by atoms with E-state index in [1.54, 1.807) is 7.11 Å². The Morgan fingerprint density at radius 1 is 1.20 bits per heavy atom. The van der Waals surface area contributed by atoms with Gasteiger partial charge in [-0.2, -0.15) is 0 Å². The van der Waals surface area contributed by atoms with Crippen molar-refractivity contribution < 1.29 is 4.74 Å². The molecule has 1 aromatic heterocycles. The topological polar surface area (TPSA) is 47.0 Å². The van der Waals surface area contributed by atoms with Crippen molar-refractivity contribution in [3.8, 4) is 0 Å². The lowest BCUT2D eigenvalue weighted by atomic mass is 10.1. The molecule has 0 aliphatic heterocycles. The molecule has 1 unspecified atom stereocenters. The zero-order valence-corrected chi connectivity index (χ0v) is 14.7. The van der Waals surface area contributed by atoms with Gasteiger partial charge in [0.2, 0.25) is 0 Å². The second kappa shape index (κ2) is 8.57. The average Bonchev–Trinajstić information content (AvgIpc) is 2.43. The molecule has 0 aliphatic carbocycles. The minimum atomic E-state index is -0.0345. The Balaban J connectivity index is 3.20. The first-order valence-corrected chi connectivity index (χ1v) is 8.18. The fraction of sp³-hybridized carbons (Fsp3) is 0.733. The fourth-order valence-electron chi connectivity index (χ4n) is 1.98. The summed E-state index contributed by atoms with van der Waals surface area (Å²) in [4.78, 5) is 9.36. The summed E-state index contributed by atoms with van der Waals surface area (Å²) in [6.45, 7) is 9.47. The zero-order chi connectivity index (χ0) is 15.1. The second-order valence-corrected chi connectivity index (χ2v) is 6.02. The first kappa shape index (κ1) is 17.4. The molecule has 1 aromatic rings. The van der Waals surface area contributed by atoms with E-state index in [9.17, 15) is 0 Å². The molecule has 0 spiro atoms. The van der Waals surface area contributed by atoms with Gasteiger partial charge in [-0.1, -0.05) is 34.1 Å². The molecule has 1 atom stereocenters. The van der Waals surface area contributed by atoms with Crippen LogP contribution in [0.3, 0.4) is 0 Å². The normalized spacial score (nSPS) is 12.8. The Morgan fingerprint density at radius 2 is 1.90 bits per heavy atom. The number of nitrogens with one attached hydrogen (secondary N) is 1. The third kappa shape index (κ3) is 4.42. The summed E-state index contributed by atoms with van der Waals surface area (Å²) >= 11 is 3.63. The first-order chi connectivity index (χ1) is 9.54. The van der Waals surface area contributed by atoms with Gasteiger partial charge in [0.05, 0.1) is 10.2 Å². The Morgan fingerprint density at radius 3 is 2.40 bits per heavy atom. The molecule has 5 heteroatoms. The summed E-state index contributed by atoms with van der Waals surface area (Å²) in [5.74, 6) is 1.99. The molecule has 0 aliphatic rings. The first-order valence-electron chi connectivity index (χ1n) is 7.39. The summed E-state index contributed by atoms with van der Waals surface area (Å²) in [6, 6.07) is 0. The van der Waals surface area contributed by atoms with Crippen molar-refractivity contribution in [2.45, 2.75) is 59.0 Å². The van der Waals surface area contributed by atoms with Gasteiger partial charge >= 0.3 is 0 Å². The third-order valence-corrected chi connectivity index (χ3v) is 3.89. The number of methoxy groups -OCH3 is 1. The number of hydrogen-bond donors (Lipinski definition) is 1. The van der Waals surface area contributed by atoms with E-state index in [0.29, 0.717) is 5.92 Å². The van der Waals surface area contributed by atoms with Crippen LogP contribution in [0.15, 0.2) is 4.47 Å². The number of rotatable bonds is 8. The van der Waals surface area contributed by atoms with Crippen molar-refractivity contribution in [3.63, 3.8) is 0 Å². The molecular formula is C15H26BrN3O. The van der Waals surface area contributed by atoms with E-state index in [2.05, 4.69) is 53.9 Å². The van der Waals surface area contributed by atoms with Gasteiger partial charge in [0.15, 0.2) is 5.82 Å². The Labute approximate surface area is 130 Å². The highest BCUT2D eigenvalue weighted by molar-refractivity contribution is 9.10. The quantitative estimate of drug-likeness (QED) is 0.744. The highest BCUT2D eigenvalue weighted by Crippen LogP contribution is 2.31. The van der Waals surface area contributed by atoms with Crippen LogP contribution in [0.2, 0.25) is 0 Å². The lowest BCUT2D eigenvalue weighted by Gasteiger charge is -2.19. The van der Waals surface area contributed by atoms with Gasteiger partial charge in [0.1, 0.15) is 11.9 Å². The Kier molecular flexibility index (Phi) is 7.45. The van der Waals surface area contributed by atoms with Crippen molar-refractivity contribution in [2.75, 3.05) is 19.0 Å². The van der Waals surface area contributed by atoms with Crippen LogP contribution in [0.5, 0.6) is 0 Å². The monoisotopic (exact) mass is 343 g/mol. The number of hydrogen-bond acceptors (Lipinski definition) is 4. The van der Waals surface area contributed by atoms with Gasteiger partial charge in [-0.3, -0.25) is 0 Å². The molecular weight excluding hydrogens is 318 g/mol. The molecule has 1 heterocycles. The maximum absolute atomic E-state index is 5.54. The predicted molar refractivity (Wildman–Crippen MR) is 87.3 cm³/mol. The Hall–Kier alpha value is -0.680. The van der Waals surface area contributed by atoms with Crippen LogP contribution in [0.1, 0.15) is 70.5 Å². The molecule has 0 aromatic carbocycles. The van der Waals surface area contributed by atoms with Crippen LogP contribution in [0, 0.1) is 0 Å². The summed E-state index contributed by atoms with van der Waals surface area (Å²) in [5.41, 5.74) is 1.03. The van der Waals surface area contributed by atoms with E-state index in [1.165, 1.54) is 0 Å². The minimum absolute atomic E-state index is 0.0345. The van der Waals surface area contributed by atoms with Crippen molar-refractivity contribution in [3.05, 3.63) is 16.0 Å². The van der Waals surface area contributed by atoms with Crippen molar-refractivity contribution in [1.82, 2.24) is 9.97 Å². The van der Waals surface area contributed by atoms with Crippen LogP contribution in [-0.4, -0.2) is 23.6 Å². The zero-order valence-electron chi connectivity index (χ0n) is 13.2. The molecule has 0 amide bonds. The maximum atomic E-state index is 5.54. The molecule has 0 saturated carbocycles. The van der Waals surface area contributed by atoms with Crippen LogP contribution in [0.25, 0.3) is 0 Å². The number of halogens is 1. The summed E-state index contributed by atoms with van der Waals surface area (Å²) < 4.78 is 6.51. The second-order valence-electron chi connectivity index (χ2n) is 5.22. The molecule has 0 fully saturated rings. The molecule has 20 heavy (non-hydrogen) atoms. The standard InChI is InChI=1S/C15H26BrN3O/c1-6-8-11(20-5)14-18-13(10(3)4)12(16)15(19-14)17-9-7-2/h10-11H,6-9H2,1-5H3,(H,17,18,19). The van der Waals surface area contributed by atoms with Crippen molar-refractivity contribution in [2.24, 2.45) is 0 Å². The van der Waals surface area contributed by atoms with Crippen molar-refractivity contribution in [1.29, 1.82) is 0 Å². The molecule has 4 nitrogen and oxygen atoms in total. The van der Waals surface area contributed by atoms with Gasteiger partial charge < -0.3 is 10.1 Å². The average molecular weight is 344 g/mol. The van der Waals surface area contributed by atoms with Gasteiger partial charge in [-0.05, 0) is 34.7 Å². The van der Waals surface area contributed by atoms with Crippen LogP contribution >= 0.6 is 15.9 Å². The third-order valence-electron chi connectivity index (χ3n) is 3.11. The molecule has 0 saturated heterocycles. The van der Waals surface area contributed by atoms with Crippen LogP contribution in [0.4, 0.5) is 5.82 Å². The SMILES string of the molecule is CCCNc1nc(C(CCC)OC)nc(C(C)C)c1Br. The molecule has 0 radical (unpaired) electrons. The van der Waals surface area contributed by atoms with Crippen LogP contribution < -0.4 is 5.32 Å². The molecule has 114 valence electrons. The number of nitrogens with zero attached hydrogens (tertiary/aromatic N) is 2. The molecule has 1 rings (SSSR count). The maximum Gasteiger partial charge on any atom is 0.159 e. The van der Waals surface area contributed by atoms with E-state index in [4.69, 9.17) is 9.72 Å². The number of anilines is 1. The van der Waals surface area contributed by atoms with E-state index in [1.807, 2.05) is 0 Å². The highest BCUT2D eigenvalue weighted by atomic mass is 79.9. The van der Waals surface area contributed by atoms with Gasteiger partial charge in [-0.25, -0.2) is 9.97 Å². The molecule has 1 N–H and O–H groups in total. The van der Waals surface area contributed by atoms with E-state index in [-0.39, 0.29) is 6.10 Å². The lowest BCUT2D eigenvalue weighted by Crippen LogP contribution is -2.13. The summed E-state index contributed by atoms with van der Waals surface area (Å²) in [6.07, 6.45) is 3.01. The Bertz CT molecular complexity index is 424. The summed E-state index contributed by atoms with van der Waals surface area (Å²) in [5, 5.41) is 3.37. The summed E-state index contributed by atoms with van der Waals surface area (Å²) in [7, 11) is 1.72. The van der Waals surface area contributed by atoms with Gasteiger partial charge in [0.25, 0.3) is 0 Å². The van der Waals surface area contributed by atoms with Crippen molar-refractivity contribution >= 4 is 21.7 Å². The van der Waals surface area contributed by atoms with E-state index < -0.39 is 0 Å². The predicted octanol–water partition coefficient (Wildman–Crippen LogP) is 4.67. The van der Waals surface area contributed by atoms with E-state index >= 15 is 0 Å².